The number of unbranched alkanes of at least 4 members (excludes halogenated alkanes) is 24. The van der Waals surface area contributed by atoms with Crippen LogP contribution < -0.4 is 0 Å². The van der Waals surface area contributed by atoms with Gasteiger partial charge in [-0.15, -0.1) is 0 Å². The second-order valence-electron chi connectivity index (χ2n) is 17.9. The average molecular weight is 868 g/mol. The molecule has 3 rings (SSSR count). The van der Waals surface area contributed by atoms with E-state index in [0.29, 0.717) is 0 Å². The van der Waals surface area contributed by atoms with Crippen molar-refractivity contribution < 1.29 is 19.1 Å². The molecule has 0 aliphatic carbocycles. The summed E-state index contributed by atoms with van der Waals surface area (Å²) >= 11 is 2.03. The standard InChI is InChI=1S/C35H50N2.2C11H23.Ni/c1-5-9-12-13-14-15-16-25-33-32(24-11-7-3)34(30-22-17-20-28(8-4)26-30)37(36)35(33)31-23-18-21-29(27-31)19-10-6-2;2*1-3-5-7-9-11-10-8-6-4-2;/h17-18,20-23,26-27H,5-16,19,24-25H2,1-4H3;2*1,3-11H2,2H3;. The third-order valence-electron chi connectivity index (χ3n) is 12.5. The first kappa shape index (κ1) is 54.1. The van der Waals surface area contributed by atoms with Gasteiger partial charge in [-0.2, -0.15) is 0 Å². The summed E-state index contributed by atoms with van der Waals surface area (Å²) in [6.07, 6.45) is 44.2. The Balaban J connectivity index is 0.000000466. The zero-order chi connectivity index (χ0) is 43.3. The molecule has 0 saturated heterocycles. The first-order valence-electron chi connectivity index (χ1n) is 26.1. The maximum absolute atomic E-state index is 11.8. The van der Waals surface area contributed by atoms with Crippen molar-refractivity contribution in [2.45, 2.75) is 264 Å². The maximum atomic E-state index is 11.8. The summed E-state index contributed by atoms with van der Waals surface area (Å²) in [6, 6.07) is 17.7. The Morgan fingerprint density at radius 3 is 1.17 bits per heavy atom. The van der Waals surface area contributed by atoms with Gasteiger partial charge >= 0.3 is 155 Å². The molecule has 1 aliphatic heterocycles. The summed E-state index contributed by atoms with van der Waals surface area (Å²) in [6.45, 7) is 13.6. The second kappa shape index (κ2) is 37.6. The summed E-state index contributed by atoms with van der Waals surface area (Å²) in [5, 5.41) is 2.86. The molecular formula is C57H96N2Ni. The molecular weight excluding hydrogens is 771 g/mol. The van der Waals surface area contributed by atoms with E-state index in [1.807, 2.05) is 14.4 Å². The molecule has 0 aromatic heterocycles. The van der Waals surface area contributed by atoms with Crippen LogP contribution >= 0.6 is 0 Å². The molecule has 1 heterocycles. The molecule has 0 saturated carbocycles. The van der Waals surface area contributed by atoms with E-state index in [4.69, 9.17) is 0 Å². The number of allylic oxidation sites excluding steroid dienone is 2. The van der Waals surface area contributed by atoms with Gasteiger partial charge in [0.2, 0.25) is 11.4 Å². The van der Waals surface area contributed by atoms with Gasteiger partial charge < -0.3 is 5.53 Å². The Bertz CT molecular complexity index is 1400. The van der Waals surface area contributed by atoms with Crippen LogP contribution in [0.5, 0.6) is 0 Å². The van der Waals surface area contributed by atoms with E-state index < -0.39 is 0 Å². The minimum atomic E-state index is 1.00. The quantitative estimate of drug-likeness (QED) is 0.0367. The molecule has 344 valence electrons. The Morgan fingerprint density at radius 2 is 0.733 bits per heavy atom. The molecule has 60 heavy (non-hydrogen) atoms. The number of aryl methyl sites for hydroxylation is 2. The van der Waals surface area contributed by atoms with Gasteiger partial charge in [0.25, 0.3) is 0 Å². The van der Waals surface area contributed by atoms with Crippen LogP contribution in [0, 0.1) is 0 Å². The molecule has 0 N–H and O–H groups in total. The van der Waals surface area contributed by atoms with Crippen molar-refractivity contribution in [1.29, 1.82) is 0 Å². The van der Waals surface area contributed by atoms with Crippen molar-refractivity contribution in [1.82, 2.24) is 0 Å². The Hall–Kier alpha value is -1.99. The van der Waals surface area contributed by atoms with E-state index in [-0.39, 0.29) is 0 Å². The van der Waals surface area contributed by atoms with E-state index in [9.17, 15) is 5.53 Å². The zero-order valence-corrected chi connectivity index (χ0v) is 41.6. The Labute approximate surface area is 380 Å². The van der Waals surface area contributed by atoms with Crippen LogP contribution in [-0.4, -0.2) is 4.70 Å². The Kier molecular flexibility index (Phi) is 33.9. The van der Waals surface area contributed by atoms with E-state index in [0.717, 1.165) is 61.0 Å². The number of nitrogens with zero attached hydrogens (tertiary/aromatic N) is 2. The topological polar surface area (TPSA) is 25.3 Å². The van der Waals surface area contributed by atoms with Crippen molar-refractivity contribution in [3.63, 3.8) is 0 Å². The summed E-state index contributed by atoms with van der Waals surface area (Å²) in [5.41, 5.74) is 21.6. The van der Waals surface area contributed by atoms with Crippen LogP contribution in [0.2, 0.25) is 10.8 Å². The average Bonchev–Trinajstić information content (AvgIpc) is 3.55. The van der Waals surface area contributed by atoms with Gasteiger partial charge in [0, 0.05) is 22.3 Å². The number of hydrogen-bond donors (Lipinski definition) is 0. The SMILES string of the molecule is CCCCCCCCCC1=C(c2cccc(CCCC)c2)[N+](=[N-])C(c2cccc(CC)c2)=C1CCCC.CCCCCCCCCC[CH2][Ni][CH2]CCCCCCCCCC. The normalized spacial score (nSPS) is 12.9. The number of hydrogen-bond acceptors (Lipinski definition) is 0. The summed E-state index contributed by atoms with van der Waals surface area (Å²) in [7, 11) is 0. The third kappa shape index (κ3) is 23.5. The first-order chi connectivity index (χ1) is 29.6. The molecule has 0 bridgehead atoms. The van der Waals surface area contributed by atoms with Crippen molar-refractivity contribution in [3.8, 4) is 0 Å². The van der Waals surface area contributed by atoms with Gasteiger partial charge in [-0.1, -0.05) is 103 Å². The van der Waals surface area contributed by atoms with Crippen molar-refractivity contribution in [2.24, 2.45) is 0 Å². The van der Waals surface area contributed by atoms with Crippen LogP contribution in [0.4, 0.5) is 0 Å². The van der Waals surface area contributed by atoms with Crippen LogP contribution in [0.3, 0.4) is 0 Å². The molecule has 0 unspecified atom stereocenters. The molecule has 2 aromatic rings. The molecule has 0 fully saturated rings. The van der Waals surface area contributed by atoms with Crippen molar-refractivity contribution in [2.75, 3.05) is 0 Å². The summed E-state index contributed by atoms with van der Waals surface area (Å²) in [4.78, 5) is 0. The molecule has 3 heteroatoms. The summed E-state index contributed by atoms with van der Waals surface area (Å²) < 4.78 is 1.55. The van der Waals surface area contributed by atoms with Gasteiger partial charge in [0.15, 0.2) is 0 Å². The van der Waals surface area contributed by atoms with E-state index >= 15 is 0 Å². The van der Waals surface area contributed by atoms with Crippen LogP contribution in [0.25, 0.3) is 16.9 Å². The fourth-order valence-corrected chi connectivity index (χ4v) is 9.84. The van der Waals surface area contributed by atoms with Crippen molar-refractivity contribution >= 4 is 11.4 Å². The third-order valence-corrected chi connectivity index (χ3v) is 13.8. The molecule has 0 radical (unpaired) electrons. The molecule has 1 aliphatic rings. The summed E-state index contributed by atoms with van der Waals surface area (Å²) in [5.74, 6) is 0. The van der Waals surface area contributed by atoms with Gasteiger partial charge in [-0.05, 0) is 80.3 Å². The van der Waals surface area contributed by atoms with Crippen molar-refractivity contribution in [3.05, 3.63) is 87.5 Å². The molecule has 0 atom stereocenters. The van der Waals surface area contributed by atoms with Crippen LogP contribution in [-0.2, 0) is 27.3 Å². The fourth-order valence-electron chi connectivity index (χ4n) is 8.61. The molecule has 2 nitrogen and oxygen atoms in total. The zero-order valence-electron chi connectivity index (χ0n) is 40.6. The Morgan fingerprint density at radius 1 is 0.383 bits per heavy atom. The molecule has 0 amide bonds. The monoisotopic (exact) mass is 867 g/mol. The van der Waals surface area contributed by atoms with Gasteiger partial charge in [-0.3, -0.25) is 0 Å². The molecule has 2 aromatic carbocycles. The van der Waals surface area contributed by atoms with Gasteiger partial charge in [0.05, 0.1) is 0 Å². The minimum absolute atomic E-state index is 1.00. The number of rotatable bonds is 37. The van der Waals surface area contributed by atoms with Gasteiger partial charge in [0.1, 0.15) is 0 Å². The number of benzene rings is 2. The van der Waals surface area contributed by atoms with Crippen LogP contribution in [0.15, 0.2) is 59.7 Å². The van der Waals surface area contributed by atoms with E-state index in [1.165, 1.54) is 206 Å². The second-order valence-corrected chi connectivity index (χ2v) is 19.4. The van der Waals surface area contributed by atoms with E-state index in [2.05, 4.69) is 90.1 Å². The molecule has 0 spiro atoms. The van der Waals surface area contributed by atoms with Crippen LogP contribution in [0.1, 0.15) is 263 Å². The predicted molar refractivity (Wildman–Crippen MR) is 265 cm³/mol. The van der Waals surface area contributed by atoms with E-state index in [1.54, 1.807) is 4.70 Å². The predicted octanol–water partition coefficient (Wildman–Crippen LogP) is 20.1. The first-order valence-corrected chi connectivity index (χ1v) is 27.5. The van der Waals surface area contributed by atoms with Gasteiger partial charge in [-0.25, -0.2) is 4.70 Å². The fraction of sp³-hybridized carbons (Fsp3) is 0.719.